The Morgan fingerprint density at radius 3 is 2.03 bits per heavy atom. The van der Waals surface area contributed by atoms with Crippen molar-refractivity contribution in [2.24, 2.45) is 0 Å². The highest BCUT2D eigenvalue weighted by atomic mass is 32.2. The third-order valence-electron chi connectivity index (χ3n) is 5.49. The highest BCUT2D eigenvalue weighted by molar-refractivity contribution is 7.99. The summed E-state index contributed by atoms with van der Waals surface area (Å²) in [7, 11) is 1.87. The smallest absolute Gasteiger partial charge is 0.233 e. The molecule has 0 aliphatic carbocycles. The van der Waals surface area contributed by atoms with Gasteiger partial charge in [-0.05, 0) is 36.6 Å². The largest absolute Gasteiger partial charge is 0.334 e. The summed E-state index contributed by atoms with van der Waals surface area (Å²) in [4.78, 5) is 15.1. The summed E-state index contributed by atoms with van der Waals surface area (Å²) >= 11 is 1.41. The summed E-state index contributed by atoms with van der Waals surface area (Å²) in [5.41, 5.74) is 4.33. The van der Waals surface area contributed by atoms with E-state index in [-0.39, 0.29) is 17.7 Å². The second-order valence-electron chi connectivity index (χ2n) is 7.67. The Morgan fingerprint density at radius 2 is 1.44 bits per heavy atom. The van der Waals surface area contributed by atoms with Crippen LogP contribution in [0.4, 0.5) is 0 Å². The minimum atomic E-state index is -0.151. The van der Waals surface area contributed by atoms with Gasteiger partial charge < -0.3 is 4.90 Å². The van der Waals surface area contributed by atoms with E-state index >= 15 is 0 Å². The number of hydrogen-bond acceptors (Lipinski definition) is 4. The van der Waals surface area contributed by atoms with Crippen molar-refractivity contribution in [3.8, 4) is 5.69 Å². The minimum Gasteiger partial charge on any atom is -0.334 e. The third-order valence-corrected chi connectivity index (χ3v) is 6.40. The van der Waals surface area contributed by atoms with Crippen molar-refractivity contribution < 1.29 is 4.79 Å². The molecule has 1 aromatic heterocycles. The van der Waals surface area contributed by atoms with Crippen LogP contribution in [0.25, 0.3) is 5.69 Å². The molecule has 0 bridgehead atoms. The average Bonchev–Trinajstić information content (AvgIpc) is 3.19. The van der Waals surface area contributed by atoms with Gasteiger partial charge in [0.1, 0.15) is 5.82 Å². The molecule has 32 heavy (non-hydrogen) atoms. The van der Waals surface area contributed by atoms with Crippen LogP contribution >= 0.6 is 11.8 Å². The van der Waals surface area contributed by atoms with Crippen LogP contribution in [0, 0.1) is 13.8 Å². The van der Waals surface area contributed by atoms with Crippen LogP contribution in [0.1, 0.15) is 28.6 Å². The molecule has 0 saturated carbocycles. The Morgan fingerprint density at radius 1 is 0.875 bits per heavy atom. The lowest BCUT2D eigenvalue weighted by molar-refractivity contribution is -0.128. The number of benzene rings is 3. The van der Waals surface area contributed by atoms with Crippen molar-refractivity contribution in [2.75, 3.05) is 12.8 Å². The van der Waals surface area contributed by atoms with Gasteiger partial charge in [-0.1, -0.05) is 90.6 Å². The van der Waals surface area contributed by atoms with Gasteiger partial charge in [-0.15, -0.1) is 10.2 Å². The van der Waals surface area contributed by atoms with Crippen molar-refractivity contribution >= 4 is 17.7 Å². The summed E-state index contributed by atoms with van der Waals surface area (Å²) < 4.78 is 2.01. The number of rotatable bonds is 7. The van der Waals surface area contributed by atoms with Crippen LogP contribution in [-0.4, -0.2) is 38.4 Å². The molecule has 1 heterocycles. The molecule has 0 radical (unpaired) electrons. The van der Waals surface area contributed by atoms with Gasteiger partial charge in [-0.2, -0.15) is 0 Å². The van der Waals surface area contributed by atoms with Crippen molar-refractivity contribution in [2.45, 2.75) is 25.0 Å². The fourth-order valence-corrected chi connectivity index (χ4v) is 4.72. The Balaban J connectivity index is 1.56. The highest BCUT2D eigenvalue weighted by Crippen LogP contribution is 2.29. The zero-order chi connectivity index (χ0) is 22.5. The second kappa shape index (κ2) is 9.83. The van der Waals surface area contributed by atoms with Crippen LogP contribution in [0.3, 0.4) is 0 Å². The minimum absolute atomic E-state index is 0.0321. The highest BCUT2D eigenvalue weighted by Gasteiger charge is 2.24. The van der Waals surface area contributed by atoms with E-state index in [1.807, 2.05) is 78.0 Å². The molecule has 162 valence electrons. The fraction of sp³-hybridized carbons (Fsp3) is 0.192. The molecule has 3 aromatic carbocycles. The number of para-hydroxylation sites is 1. The Labute approximate surface area is 193 Å². The van der Waals surface area contributed by atoms with E-state index < -0.39 is 0 Å². The lowest BCUT2D eigenvalue weighted by Crippen LogP contribution is -2.33. The van der Waals surface area contributed by atoms with Gasteiger partial charge >= 0.3 is 0 Å². The first-order valence-electron chi connectivity index (χ1n) is 10.5. The SMILES string of the molecule is Cc1ccccc1-n1c(C)nnc1SCC(=O)N(C)C(c1ccccc1)c1ccccc1. The quantitative estimate of drug-likeness (QED) is 0.368. The molecular formula is C26H26N4OS. The van der Waals surface area contributed by atoms with Gasteiger partial charge in [0.25, 0.3) is 0 Å². The summed E-state index contributed by atoms with van der Waals surface area (Å²) in [5, 5.41) is 9.30. The number of aryl methyl sites for hydroxylation is 2. The van der Waals surface area contributed by atoms with E-state index in [0.29, 0.717) is 0 Å². The molecule has 0 aliphatic heterocycles. The zero-order valence-electron chi connectivity index (χ0n) is 18.5. The van der Waals surface area contributed by atoms with Gasteiger partial charge in [-0.25, -0.2) is 0 Å². The predicted molar refractivity (Wildman–Crippen MR) is 129 cm³/mol. The van der Waals surface area contributed by atoms with Crippen molar-refractivity contribution in [3.63, 3.8) is 0 Å². The molecule has 0 spiro atoms. The molecule has 4 rings (SSSR count). The Hall–Kier alpha value is -3.38. The summed E-state index contributed by atoms with van der Waals surface area (Å²) in [5.74, 6) is 1.11. The van der Waals surface area contributed by atoms with Gasteiger partial charge in [0.15, 0.2) is 5.16 Å². The van der Waals surface area contributed by atoms with Crippen molar-refractivity contribution in [3.05, 3.63) is 107 Å². The van der Waals surface area contributed by atoms with Gasteiger partial charge in [-0.3, -0.25) is 9.36 Å². The first-order valence-corrected chi connectivity index (χ1v) is 11.5. The second-order valence-corrected chi connectivity index (χ2v) is 8.61. The number of aromatic nitrogens is 3. The molecule has 1 amide bonds. The number of nitrogens with zero attached hydrogens (tertiary/aromatic N) is 4. The summed E-state index contributed by atoms with van der Waals surface area (Å²) in [6.45, 7) is 3.99. The zero-order valence-corrected chi connectivity index (χ0v) is 19.3. The lowest BCUT2D eigenvalue weighted by Gasteiger charge is -2.29. The molecule has 0 saturated heterocycles. The van der Waals surface area contributed by atoms with E-state index in [9.17, 15) is 4.79 Å². The Bertz CT molecular complexity index is 1150. The number of thioether (sulfide) groups is 1. The maximum Gasteiger partial charge on any atom is 0.233 e. The first-order chi connectivity index (χ1) is 15.6. The summed E-state index contributed by atoms with van der Waals surface area (Å²) in [6, 6.07) is 28.2. The average molecular weight is 443 g/mol. The Kier molecular flexibility index (Phi) is 6.71. The van der Waals surface area contributed by atoms with Gasteiger partial charge in [0, 0.05) is 7.05 Å². The van der Waals surface area contributed by atoms with Crippen LogP contribution in [0.15, 0.2) is 90.1 Å². The molecule has 4 aromatic rings. The topological polar surface area (TPSA) is 51.0 Å². The van der Waals surface area contributed by atoms with E-state index in [1.54, 1.807) is 0 Å². The maximum atomic E-state index is 13.3. The first kappa shape index (κ1) is 21.8. The van der Waals surface area contributed by atoms with Crippen LogP contribution in [-0.2, 0) is 4.79 Å². The molecule has 0 atom stereocenters. The molecule has 0 fully saturated rings. The monoisotopic (exact) mass is 442 g/mol. The normalized spacial score (nSPS) is 11.0. The standard InChI is InChI=1S/C26H26N4OS/c1-19-12-10-11-17-23(19)30-20(2)27-28-26(30)32-18-24(31)29(3)25(21-13-6-4-7-14-21)22-15-8-5-9-16-22/h4-17,25H,18H2,1-3H3. The fourth-order valence-electron chi connectivity index (χ4n) is 3.81. The number of carbonyl (C=O) groups excluding carboxylic acids is 1. The molecule has 0 unspecified atom stereocenters. The van der Waals surface area contributed by atoms with E-state index in [4.69, 9.17) is 0 Å². The summed E-state index contributed by atoms with van der Waals surface area (Å²) in [6.07, 6.45) is 0. The van der Waals surface area contributed by atoms with Crippen LogP contribution in [0.2, 0.25) is 0 Å². The molecule has 5 nitrogen and oxygen atoms in total. The number of carbonyl (C=O) groups is 1. The van der Waals surface area contributed by atoms with Gasteiger partial charge in [0.2, 0.25) is 5.91 Å². The van der Waals surface area contributed by atoms with Gasteiger partial charge in [0.05, 0.1) is 17.5 Å². The van der Waals surface area contributed by atoms with Crippen molar-refractivity contribution in [1.29, 1.82) is 0 Å². The molecule has 0 aliphatic rings. The predicted octanol–water partition coefficient (Wildman–Crippen LogP) is 5.22. The van der Waals surface area contributed by atoms with Crippen LogP contribution in [0.5, 0.6) is 0 Å². The van der Waals surface area contributed by atoms with Crippen LogP contribution < -0.4 is 0 Å². The van der Waals surface area contributed by atoms with E-state index in [1.165, 1.54) is 11.8 Å². The van der Waals surface area contributed by atoms with Crippen molar-refractivity contribution in [1.82, 2.24) is 19.7 Å². The number of hydrogen-bond donors (Lipinski definition) is 0. The molecule has 6 heteroatoms. The maximum absolute atomic E-state index is 13.3. The molecular weight excluding hydrogens is 416 g/mol. The van der Waals surface area contributed by atoms with E-state index in [0.717, 1.165) is 33.4 Å². The third kappa shape index (κ3) is 4.60. The molecule has 0 N–H and O–H groups in total. The lowest BCUT2D eigenvalue weighted by atomic mass is 9.97. The number of amides is 1. The van der Waals surface area contributed by atoms with E-state index in [2.05, 4.69) is 47.5 Å².